The van der Waals surface area contributed by atoms with Gasteiger partial charge in [0.15, 0.2) is 0 Å². The fourth-order valence-corrected chi connectivity index (χ4v) is 1.11. The number of hydrogen-bond donors (Lipinski definition) is 0. The van der Waals surface area contributed by atoms with Crippen molar-refractivity contribution in [2.24, 2.45) is 10.7 Å². The maximum Gasteiger partial charge on any atom is 0.438 e. The minimum Gasteiger partial charge on any atom is -0.0749 e. The van der Waals surface area contributed by atoms with Crippen LogP contribution in [0.5, 0.6) is 0 Å². The first kappa shape index (κ1) is 9.68. The normalized spacial score (nSPS) is 9.89. The molecule has 54 valence electrons. The van der Waals surface area contributed by atoms with Gasteiger partial charge in [-0.05, 0) is 12.3 Å². The highest BCUT2D eigenvalue weighted by molar-refractivity contribution is 7.96. The van der Waals surface area contributed by atoms with Crippen molar-refractivity contribution in [3.63, 3.8) is 0 Å². The largest absolute Gasteiger partial charge is 0.438 e. The summed E-state index contributed by atoms with van der Waals surface area (Å²) in [5, 5.41) is 0. The second kappa shape index (κ2) is 5.46. The summed E-state index contributed by atoms with van der Waals surface area (Å²) >= 11 is 10.8. The first-order chi connectivity index (χ1) is 4.13. The van der Waals surface area contributed by atoms with Gasteiger partial charge in [-0.15, -0.1) is 0 Å². The van der Waals surface area contributed by atoms with Crippen LogP contribution in [-0.2, 0) is 0 Å². The van der Waals surface area contributed by atoms with Gasteiger partial charge in [-0.25, -0.2) is 0 Å². The van der Waals surface area contributed by atoms with Crippen molar-refractivity contribution in [1.82, 2.24) is 0 Å². The van der Waals surface area contributed by atoms with Crippen LogP contribution in [0, 0.1) is 5.92 Å². The molecule has 0 spiro atoms. The summed E-state index contributed by atoms with van der Waals surface area (Å²) in [6.07, 6.45) is 0.0199. The summed E-state index contributed by atoms with van der Waals surface area (Å²) in [5.41, 5.74) is 0. The van der Waals surface area contributed by atoms with Crippen molar-refractivity contribution in [2.45, 2.75) is 20.3 Å². The lowest BCUT2D eigenvalue weighted by molar-refractivity contribution is 0.599. The number of nitrogens with zero attached hydrogens (tertiary/aromatic N) is 1. The van der Waals surface area contributed by atoms with Crippen LogP contribution in [0.3, 0.4) is 0 Å². The second-order valence-corrected chi connectivity index (χ2v) is 5.42. The molecule has 0 unspecified atom stereocenters. The zero-order valence-corrected chi connectivity index (χ0v) is 8.05. The minimum absolute atomic E-state index is 0.692. The minimum atomic E-state index is -1.06. The third-order valence-corrected chi connectivity index (χ3v) is 1.97. The molecule has 0 amide bonds. The number of hydrogen-bond acceptors (Lipinski definition) is 1. The SMILES string of the molecule is CC(C)CCN=[P+](Cl)Cl. The van der Waals surface area contributed by atoms with Gasteiger partial charge in [0.2, 0.25) is 22.5 Å². The molecule has 0 radical (unpaired) electrons. The van der Waals surface area contributed by atoms with Gasteiger partial charge < -0.3 is 0 Å². The first-order valence-electron chi connectivity index (χ1n) is 2.92. The van der Waals surface area contributed by atoms with Crippen LogP contribution in [0.15, 0.2) is 4.74 Å². The topological polar surface area (TPSA) is 12.4 Å². The second-order valence-electron chi connectivity index (χ2n) is 2.26. The molecule has 0 aromatic carbocycles. The molecule has 0 aliphatic carbocycles. The summed E-state index contributed by atoms with van der Waals surface area (Å²) < 4.78 is 3.96. The lowest BCUT2D eigenvalue weighted by Gasteiger charge is -1.94. The van der Waals surface area contributed by atoms with Crippen molar-refractivity contribution in [3.05, 3.63) is 0 Å². The molecule has 4 heteroatoms. The predicted molar refractivity (Wildman–Crippen MR) is 45.4 cm³/mol. The van der Waals surface area contributed by atoms with Crippen molar-refractivity contribution < 1.29 is 0 Å². The average molecular weight is 187 g/mol. The summed E-state index contributed by atoms with van der Waals surface area (Å²) in [6.45, 7) is 5.11. The van der Waals surface area contributed by atoms with E-state index in [1.54, 1.807) is 0 Å². The third kappa shape index (κ3) is 8.68. The van der Waals surface area contributed by atoms with Gasteiger partial charge in [0.1, 0.15) is 0 Å². The first-order valence-corrected chi connectivity index (χ1v) is 6.02. The Morgan fingerprint density at radius 3 is 2.33 bits per heavy atom. The fourth-order valence-electron chi connectivity index (χ4n) is 0.392. The Balaban J connectivity index is 3.20. The molecule has 0 fully saturated rings. The van der Waals surface area contributed by atoms with Crippen molar-refractivity contribution >= 4 is 28.9 Å². The van der Waals surface area contributed by atoms with E-state index in [1.165, 1.54) is 0 Å². The van der Waals surface area contributed by atoms with Crippen LogP contribution < -0.4 is 0 Å². The third-order valence-electron chi connectivity index (χ3n) is 0.913. The van der Waals surface area contributed by atoms with Crippen LogP contribution in [0.1, 0.15) is 20.3 Å². The highest BCUT2D eigenvalue weighted by Gasteiger charge is 2.01. The van der Waals surface area contributed by atoms with Crippen LogP contribution in [0.4, 0.5) is 0 Å². The van der Waals surface area contributed by atoms with Crippen LogP contribution in [0.25, 0.3) is 0 Å². The highest BCUT2D eigenvalue weighted by Crippen LogP contribution is 2.36. The molecule has 9 heavy (non-hydrogen) atoms. The van der Waals surface area contributed by atoms with E-state index >= 15 is 0 Å². The molecule has 0 saturated carbocycles. The molecular formula is C5H11Cl2NP+. The number of halogens is 2. The van der Waals surface area contributed by atoms with E-state index in [2.05, 4.69) is 18.6 Å². The van der Waals surface area contributed by atoms with Gasteiger partial charge in [0.05, 0.1) is 6.54 Å². The Hall–Kier alpha value is 0.680. The fraction of sp³-hybridized carbons (Fsp3) is 1.00. The van der Waals surface area contributed by atoms with E-state index in [0.717, 1.165) is 13.0 Å². The summed E-state index contributed by atoms with van der Waals surface area (Å²) in [4.78, 5) is 0. The number of rotatable bonds is 3. The van der Waals surface area contributed by atoms with Gasteiger partial charge in [0, 0.05) is 0 Å². The Bertz CT molecular complexity index is 99.1. The van der Waals surface area contributed by atoms with Crippen LogP contribution in [-0.4, -0.2) is 6.54 Å². The molecular weight excluding hydrogens is 176 g/mol. The van der Waals surface area contributed by atoms with Gasteiger partial charge >= 0.3 is 6.42 Å². The predicted octanol–water partition coefficient (Wildman–Crippen LogP) is 4.01. The molecule has 0 aromatic rings. The zero-order valence-electron chi connectivity index (χ0n) is 5.64. The van der Waals surface area contributed by atoms with E-state index < -0.39 is 6.42 Å². The van der Waals surface area contributed by atoms with E-state index in [-0.39, 0.29) is 0 Å². The summed E-state index contributed by atoms with van der Waals surface area (Å²) in [7, 11) is 0. The maximum atomic E-state index is 5.42. The summed E-state index contributed by atoms with van der Waals surface area (Å²) in [5.74, 6) is 0.692. The molecule has 0 aromatic heterocycles. The Morgan fingerprint density at radius 2 is 2.00 bits per heavy atom. The molecule has 0 aliphatic heterocycles. The van der Waals surface area contributed by atoms with Crippen LogP contribution in [0.2, 0.25) is 0 Å². The lowest BCUT2D eigenvalue weighted by atomic mass is 10.1. The molecule has 1 nitrogen and oxygen atoms in total. The van der Waals surface area contributed by atoms with Crippen molar-refractivity contribution in [2.75, 3.05) is 6.54 Å². The van der Waals surface area contributed by atoms with Gasteiger partial charge in [-0.1, -0.05) is 18.6 Å². The highest BCUT2D eigenvalue weighted by atomic mass is 35.9. The zero-order chi connectivity index (χ0) is 7.28. The van der Waals surface area contributed by atoms with Crippen LogP contribution >= 0.6 is 28.9 Å². The lowest BCUT2D eigenvalue weighted by Crippen LogP contribution is -1.88. The smallest absolute Gasteiger partial charge is 0.0749 e. The Labute approximate surface area is 66.8 Å². The van der Waals surface area contributed by atoms with Gasteiger partial charge in [-0.3, -0.25) is 0 Å². The van der Waals surface area contributed by atoms with Crippen molar-refractivity contribution in [3.8, 4) is 0 Å². The van der Waals surface area contributed by atoms with E-state index in [0.29, 0.717) is 5.92 Å². The Morgan fingerprint density at radius 1 is 1.44 bits per heavy atom. The van der Waals surface area contributed by atoms with Gasteiger partial charge in [0.25, 0.3) is 0 Å². The average Bonchev–Trinajstić information content (AvgIpc) is 1.63. The molecule has 0 saturated heterocycles. The van der Waals surface area contributed by atoms with E-state index in [4.69, 9.17) is 22.5 Å². The van der Waals surface area contributed by atoms with Gasteiger partial charge in [-0.2, -0.15) is 0 Å². The van der Waals surface area contributed by atoms with E-state index in [1.807, 2.05) is 0 Å². The molecule has 0 rings (SSSR count). The molecule has 0 atom stereocenters. The van der Waals surface area contributed by atoms with Crippen molar-refractivity contribution in [1.29, 1.82) is 0 Å². The summed E-state index contributed by atoms with van der Waals surface area (Å²) in [6, 6.07) is 0. The Kier molecular flexibility index (Phi) is 5.88. The maximum absolute atomic E-state index is 5.42. The molecule has 0 bridgehead atoms. The molecule has 0 N–H and O–H groups in total. The monoisotopic (exact) mass is 186 g/mol. The molecule has 0 aliphatic rings. The molecule has 0 heterocycles. The quantitative estimate of drug-likeness (QED) is 0.592. The standard InChI is InChI=1S/C5H11Cl2NP/c1-5(2)3-4-8-9(6)7/h5H,3-4H2,1-2H3/q+1. The van der Waals surface area contributed by atoms with E-state index in [9.17, 15) is 0 Å².